The Morgan fingerprint density at radius 1 is 1.09 bits per heavy atom. The van der Waals surface area contributed by atoms with Crippen LogP contribution in [0.3, 0.4) is 0 Å². The Hall–Kier alpha value is -4.10. The summed E-state index contributed by atoms with van der Waals surface area (Å²) in [5.74, 6) is -0.399. The van der Waals surface area contributed by atoms with E-state index in [1.807, 2.05) is 30.5 Å². The van der Waals surface area contributed by atoms with Crippen LogP contribution in [0.1, 0.15) is 28.8 Å². The smallest absolute Gasteiger partial charge is 0.316 e. The van der Waals surface area contributed by atoms with Gasteiger partial charge in [-0.25, -0.2) is 4.79 Å². The molecule has 4 amide bonds. The van der Waals surface area contributed by atoms with Gasteiger partial charge in [0.2, 0.25) is 11.8 Å². The van der Waals surface area contributed by atoms with Gasteiger partial charge in [-0.15, -0.1) is 6.58 Å². The van der Waals surface area contributed by atoms with E-state index < -0.39 is 18.2 Å². The van der Waals surface area contributed by atoms with Crippen molar-refractivity contribution in [2.45, 2.75) is 38.0 Å². The Balaban J connectivity index is 1.42. The van der Waals surface area contributed by atoms with Crippen LogP contribution in [0.25, 0.3) is 5.57 Å². The molecule has 3 aromatic rings. The number of aromatic amines is 1. The number of hydrogen-bond donors (Lipinski definition) is 5. The summed E-state index contributed by atoms with van der Waals surface area (Å²) in [6, 6.07) is 15.2. The molecule has 0 saturated carbocycles. The molecule has 5 N–H and O–H groups in total. The Morgan fingerprint density at radius 2 is 1.84 bits per heavy atom. The summed E-state index contributed by atoms with van der Waals surface area (Å²) in [6.07, 6.45) is 6.97. The fourth-order valence-electron chi connectivity index (χ4n) is 5.70. The van der Waals surface area contributed by atoms with E-state index in [0.717, 1.165) is 38.8 Å². The van der Waals surface area contributed by atoms with Crippen molar-refractivity contribution in [3.63, 3.8) is 0 Å². The van der Waals surface area contributed by atoms with Gasteiger partial charge < -0.3 is 35.8 Å². The minimum atomic E-state index is -0.875. The second-order valence-corrected chi connectivity index (χ2v) is 12.2. The highest BCUT2D eigenvalue weighted by Gasteiger charge is 2.44. The van der Waals surface area contributed by atoms with Crippen LogP contribution < -0.4 is 16.0 Å². The van der Waals surface area contributed by atoms with Crippen LogP contribution in [-0.2, 0) is 29.0 Å². The lowest BCUT2D eigenvalue weighted by atomic mass is 9.95. The lowest BCUT2D eigenvalue weighted by Gasteiger charge is -2.46. The monoisotopic (exact) mass is 708 g/mol. The number of fused-ring (bicyclic) bond motifs is 1. The van der Waals surface area contributed by atoms with E-state index in [4.69, 9.17) is 0 Å². The van der Waals surface area contributed by atoms with E-state index in [1.165, 1.54) is 10.5 Å². The Labute approximate surface area is 270 Å². The molecule has 0 bridgehead atoms. The van der Waals surface area contributed by atoms with Crippen LogP contribution in [0.15, 0.2) is 79.5 Å². The summed E-state index contributed by atoms with van der Waals surface area (Å²) >= 11 is 2.23. The van der Waals surface area contributed by atoms with Crippen molar-refractivity contribution in [3.8, 4) is 5.75 Å². The first kappa shape index (κ1) is 31.3. The normalized spacial score (nSPS) is 17.9. The number of nitrogens with zero attached hydrogens (tertiary/aromatic N) is 2. The van der Waals surface area contributed by atoms with Crippen LogP contribution in [0.5, 0.6) is 5.75 Å². The number of rotatable bonds is 11. The molecule has 0 unspecified atom stereocenters. The van der Waals surface area contributed by atoms with E-state index in [9.17, 15) is 19.5 Å². The number of phenolic OH excluding ortho intramolecular Hbond substituents is 1. The highest BCUT2D eigenvalue weighted by molar-refractivity contribution is 14.1. The van der Waals surface area contributed by atoms with Crippen molar-refractivity contribution in [1.29, 1.82) is 0 Å². The maximum Gasteiger partial charge on any atom is 0.316 e. The molecule has 230 valence electrons. The number of amides is 4. The SMILES string of the molecule is C=CCNCC(=O)N1[C@@H](NC(=O)NCc2ccc(I)cc2)CN(CC2=CCCc3cc[nH]c32)C(=O)[C@@H]1Cc1ccc(O)cc1. The second kappa shape index (κ2) is 14.6. The topological polar surface area (TPSA) is 130 Å². The van der Waals surface area contributed by atoms with E-state index in [1.54, 1.807) is 35.2 Å². The van der Waals surface area contributed by atoms with Crippen LogP contribution in [0, 0.1) is 3.57 Å². The summed E-state index contributed by atoms with van der Waals surface area (Å²) in [7, 11) is 0. The molecule has 0 spiro atoms. The zero-order valence-corrected chi connectivity index (χ0v) is 26.5. The third-order valence-electron chi connectivity index (χ3n) is 7.86. The van der Waals surface area contributed by atoms with Crippen molar-refractivity contribution < 1.29 is 19.5 Å². The maximum atomic E-state index is 14.2. The second-order valence-electron chi connectivity index (χ2n) is 10.9. The number of nitrogens with one attached hydrogen (secondary N) is 4. The van der Waals surface area contributed by atoms with Gasteiger partial charge in [0.1, 0.15) is 18.0 Å². The highest BCUT2D eigenvalue weighted by Crippen LogP contribution is 2.28. The number of allylic oxidation sites excluding steroid dienone is 1. The van der Waals surface area contributed by atoms with Crippen molar-refractivity contribution in [1.82, 2.24) is 30.7 Å². The van der Waals surface area contributed by atoms with Gasteiger partial charge in [0.25, 0.3) is 0 Å². The zero-order valence-electron chi connectivity index (χ0n) is 24.4. The molecule has 5 rings (SSSR count). The largest absolute Gasteiger partial charge is 0.508 e. The van der Waals surface area contributed by atoms with E-state index >= 15 is 0 Å². The van der Waals surface area contributed by atoms with Crippen LogP contribution in [0.2, 0.25) is 0 Å². The first-order valence-electron chi connectivity index (χ1n) is 14.7. The van der Waals surface area contributed by atoms with Crippen molar-refractivity contribution in [2.75, 3.05) is 26.2 Å². The molecule has 2 aromatic carbocycles. The number of aromatic nitrogens is 1. The molecule has 1 aromatic heterocycles. The summed E-state index contributed by atoms with van der Waals surface area (Å²) < 4.78 is 1.10. The predicted molar refractivity (Wildman–Crippen MR) is 178 cm³/mol. The van der Waals surface area contributed by atoms with Gasteiger partial charge in [-0.2, -0.15) is 0 Å². The summed E-state index contributed by atoms with van der Waals surface area (Å²) in [4.78, 5) is 47.7. The molecule has 11 heteroatoms. The number of halogens is 1. The number of hydrogen-bond acceptors (Lipinski definition) is 5. The summed E-state index contributed by atoms with van der Waals surface area (Å²) in [5, 5.41) is 18.8. The maximum absolute atomic E-state index is 14.2. The lowest BCUT2D eigenvalue weighted by Crippen LogP contribution is -2.70. The van der Waals surface area contributed by atoms with E-state index in [0.29, 0.717) is 19.6 Å². The molecule has 2 heterocycles. The number of aromatic hydroxyl groups is 1. The van der Waals surface area contributed by atoms with Gasteiger partial charge in [-0.1, -0.05) is 36.4 Å². The molecule has 0 radical (unpaired) electrons. The van der Waals surface area contributed by atoms with Crippen molar-refractivity contribution in [2.24, 2.45) is 0 Å². The third-order valence-corrected chi connectivity index (χ3v) is 8.58. The van der Waals surface area contributed by atoms with Gasteiger partial charge in [0.15, 0.2) is 0 Å². The molecule has 1 aliphatic carbocycles. The van der Waals surface area contributed by atoms with Gasteiger partial charge in [0.05, 0.1) is 13.1 Å². The number of carbonyl (C=O) groups excluding carboxylic acids is 3. The Bertz CT molecular complexity index is 1520. The predicted octanol–water partition coefficient (Wildman–Crippen LogP) is 3.54. The van der Waals surface area contributed by atoms with E-state index in [2.05, 4.69) is 62.2 Å². The first-order valence-corrected chi connectivity index (χ1v) is 15.7. The standard InChI is InChI=1S/C33H37IN6O4/c1-2-15-35-19-30(42)40-28(17-22-8-12-27(41)13-9-22)32(43)39(20-25-5-3-4-24-14-16-36-31(24)25)21-29(40)38-33(44)37-18-23-6-10-26(34)11-7-23/h2,5-14,16,28-29,35-36,41H,1,3-4,15,17-21H2,(H2,37,38,44)/t28-,29+/m0/s1. The molecular weight excluding hydrogens is 671 g/mol. The number of carbonyl (C=O) groups is 3. The minimum Gasteiger partial charge on any atom is -0.508 e. The molecular formula is C33H37IN6O4. The molecule has 1 aliphatic heterocycles. The number of piperazine rings is 1. The van der Waals surface area contributed by atoms with Crippen molar-refractivity contribution in [3.05, 3.63) is 105 Å². The Kier molecular flexibility index (Phi) is 10.4. The number of phenols is 1. The summed E-state index contributed by atoms with van der Waals surface area (Å²) in [5.41, 5.74) is 4.97. The number of aryl methyl sites for hydroxylation is 1. The van der Waals surface area contributed by atoms with E-state index in [-0.39, 0.29) is 37.1 Å². The Morgan fingerprint density at radius 3 is 2.59 bits per heavy atom. The van der Waals surface area contributed by atoms with Crippen LogP contribution >= 0.6 is 22.6 Å². The van der Waals surface area contributed by atoms with Crippen LogP contribution in [-0.4, -0.2) is 76.1 Å². The number of H-pyrrole nitrogens is 1. The zero-order chi connectivity index (χ0) is 31.1. The van der Waals surface area contributed by atoms with Gasteiger partial charge >= 0.3 is 6.03 Å². The third kappa shape index (κ3) is 7.69. The minimum absolute atomic E-state index is 0.0230. The molecule has 10 nitrogen and oxygen atoms in total. The number of urea groups is 1. The van der Waals surface area contributed by atoms with Gasteiger partial charge in [-0.05, 0) is 88.0 Å². The van der Waals surface area contributed by atoms with Gasteiger partial charge in [-0.3, -0.25) is 9.59 Å². The number of benzene rings is 2. The van der Waals surface area contributed by atoms with Gasteiger partial charge in [0, 0.05) is 41.5 Å². The average molecular weight is 709 g/mol. The quantitative estimate of drug-likeness (QED) is 0.118. The highest BCUT2D eigenvalue weighted by atomic mass is 127. The fraction of sp³-hybridized carbons (Fsp3) is 0.303. The lowest BCUT2D eigenvalue weighted by molar-refractivity contribution is -0.155. The fourth-order valence-corrected chi connectivity index (χ4v) is 6.06. The molecule has 1 fully saturated rings. The van der Waals surface area contributed by atoms with Crippen LogP contribution in [0.4, 0.5) is 4.79 Å². The van der Waals surface area contributed by atoms with Crippen molar-refractivity contribution >= 4 is 46.0 Å². The molecule has 1 saturated heterocycles. The summed E-state index contributed by atoms with van der Waals surface area (Å²) in [6.45, 7) is 4.88. The molecule has 2 aliphatic rings. The first-order chi connectivity index (χ1) is 21.3. The average Bonchev–Trinajstić information content (AvgIpc) is 3.50. The molecule has 44 heavy (non-hydrogen) atoms. The molecule has 2 atom stereocenters.